The Balaban J connectivity index is 2.11. The number of carbonyl (C=O) groups is 2. The predicted molar refractivity (Wildman–Crippen MR) is 72.6 cm³/mol. The van der Waals surface area contributed by atoms with Crippen LogP contribution in [0.5, 0.6) is 5.75 Å². The SMILES string of the molecule is O=C(O)C(CC(F)F)NC(=O)C1COc2ccc(Br)cc21. The zero-order chi connectivity index (χ0) is 15.6. The number of benzene rings is 1. The van der Waals surface area contributed by atoms with Gasteiger partial charge in [-0.1, -0.05) is 15.9 Å². The molecular weight excluding hydrogens is 352 g/mol. The highest BCUT2D eigenvalue weighted by Crippen LogP contribution is 2.36. The minimum atomic E-state index is -2.81. The monoisotopic (exact) mass is 363 g/mol. The Labute approximate surface area is 127 Å². The molecule has 0 bridgehead atoms. The van der Waals surface area contributed by atoms with Crippen molar-refractivity contribution in [2.45, 2.75) is 24.8 Å². The van der Waals surface area contributed by atoms with Gasteiger partial charge in [-0.05, 0) is 18.2 Å². The second kappa shape index (κ2) is 6.38. The minimum absolute atomic E-state index is 0.0542. The maximum absolute atomic E-state index is 12.3. The molecule has 1 aliphatic rings. The molecule has 0 saturated carbocycles. The van der Waals surface area contributed by atoms with Gasteiger partial charge in [-0.25, -0.2) is 13.6 Å². The molecule has 0 aromatic heterocycles. The van der Waals surface area contributed by atoms with Crippen LogP contribution in [0.1, 0.15) is 17.9 Å². The van der Waals surface area contributed by atoms with Crippen molar-refractivity contribution in [2.24, 2.45) is 0 Å². The van der Waals surface area contributed by atoms with Gasteiger partial charge in [-0.3, -0.25) is 4.79 Å². The van der Waals surface area contributed by atoms with Gasteiger partial charge in [0.2, 0.25) is 12.3 Å². The van der Waals surface area contributed by atoms with Gasteiger partial charge in [0.1, 0.15) is 24.3 Å². The molecule has 1 aliphatic heterocycles. The van der Waals surface area contributed by atoms with E-state index >= 15 is 0 Å². The molecule has 114 valence electrons. The molecule has 0 aliphatic carbocycles. The number of carboxylic acid groups (broad SMARTS) is 1. The summed E-state index contributed by atoms with van der Waals surface area (Å²) in [6.07, 6.45) is -3.74. The number of hydrogen-bond acceptors (Lipinski definition) is 3. The van der Waals surface area contributed by atoms with Crippen LogP contribution in [-0.4, -0.2) is 36.1 Å². The fourth-order valence-corrected chi connectivity index (χ4v) is 2.45. The largest absolute Gasteiger partial charge is 0.492 e. The summed E-state index contributed by atoms with van der Waals surface area (Å²) in [6, 6.07) is 3.50. The van der Waals surface area contributed by atoms with Crippen molar-refractivity contribution >= 4 is 27.8 Å². The number of alkyl halides is 2. The maximum Gasteiger partial charge on any atom is 0.326 e. The van der Waals surface area contributed by atoms with Crippen molar-refractivity contribution < 1.29 is 28.2 Å². The molecule has 2 rings (SSSR count). The molecule has 1 heterocycles. The highest BCUT2D eigenvalue weighted by atomic mass is 79.9. The first kappa shape index (κ1) is 15.7. The molecule has 8 heteroatoms. The highest BCUT2D eigenvalue weighted by molar-refractivity contribution is 9.10. The third kappa shape index (κ3) is 3.69. The molecule has 0 saturated heterocycles. The molecule has 0 radical (unpaired) electrons. The van der Waals surface area contributed by atoms with Crippen LogP contribution in [0.2, 0.25) is 0 Å². The van der Waals surface area contributed by atoms with Gasteiger partial charge in [0.25, 0.3) is 0 Å². The van der Waals surface area contributed by atoms with E-state index in [1.54, 1.807) is 18.2 Å². The zero-order valence-electron chi connectivity index (χ0n) is 10.7. The van der Waals surface area contributed by atoms with Gasteiger partial charge in [0.05, 0.1) is 0 Å². The summed E-state index contributed by atoms with van der Waals surface area (Å²) in [5, 5.41) is 11.0. The Morgan fingerprint density at radius 3 is 2.81 bits per heavy atom. The third-order valence-electron chi connectivity index (χ3n) is 3.10. The summed E-state index contributed by atoms with van der Waals surface area (Å²) in [6.45, 7) is 0.0542. The normalized spacial score (nSPS) is 18.0. The fraction of sp³-hybridized carbons (Fsp3) is 0.385. The number of nitrogens with one attached hydrogen (secondary N) is 1. The molecule has 1 aromatic rings. The van der Waals surface area contributed by atoms with Crippen LogP contribution in [0.25, 0.3) is 0 Å². The molecular formula is C13H12BrF2NO4. The van der Waals surface area contributed by atoms with E-state index in [0.717, 1.165) is 4.47 Å². The predicted octanol–water partition coefficient (Wildman–Crippen LogP) is 2.15. The number of hydrogen-bond donors (Lipinski definition) is 2. The van der Waals surface area contributed by atoms with Gasteiger partial charge in [0.15, 0.2) is 0 Å². The van der Waals surface area contributed by atoms with Gasteiger partial charge in [-0.2, -0.15) is 0 Å². The van der Waals surface area contributed by atoms with Crippen molar-refractivity contribution in [3.05, 3.63) is 28.2 Å². The first-order chi connectivity index (χ1) is 9.88. The smallest absolute Gasteiger partial charge is 0.326 e. The van der Waals surface area contributed by atoms with Crippen LogP contribution in [0.3, 0.4) is 0 Å². The van der Waals surface area contributed by atoms with E-state index < -0.39 is 36.7 Å². The van der Waals surface area contributed by atoms with Crippen molar-refractivity contribution in [1.29, 1.82) is 0 Å². The van der Waals surface area contributed by atoms with E-state index in [4.69, 9.17) is 9.84 Å². The van der Waals surface area contributed by atoms with E-state index in [1.165, 1.54) is 0 Å². The van der Waals surface area contributed by atoms with Crippen molar-refractivity contribution in [1.82, 2.24) is 5.32 Å². The van der Waals surface area contributed by atoms with E-state index in [1.807, 2.05) is 0 Å². The Bertz CT molecular complexity index is 567. The summed E-state index contributed by atoms with van der Waals surface area (Å²) in [4.78, 5) is 23.0. The number of ether oxygens (including phenoxy) is 1. The molecule has 5 nitrogen and oxygen atoms in total. The molecule has 0 fully saturated rings. The number of aliphatic carboxylic acids is 1. The van der Waals surface area contributed by atoms with E-state index in [9.17, 15) is 18.4 Å². The summed E-state index contributed by atoms with van der Waals surface area (Å²) in [5.74, 6) is -2.31. The quantitative estimate of drug-likeness (QED) is 0.840. The van der Waals surface area contributed by atoms with Crippen LogP contribution in [0.4, 0.5) is 8.78 Å². The molecule has 2 unspecified atom stereocenters. The lowest BCUT2D eigenvalue weighted by Gasteiger charge is -2.16. The minimum Gasteiger partial charge on any atom is -0.492 e. The van der Waals surface area contributed by atoms with Gasteiger partial charge in [0, 0.05) is 16.5 Å². The molecule has 2 atom stereocenters. The number of amides is 1. The Kier molecular flexibility index (Phi) is 4.76. The third-order valence-corrected chi connectivity index (χ3v) is 3.59. The van der Waals surface area contributed by atoms with Gasteiger partial charge >= 0.3 is 5.97 Å². The Hall–Kier alpha value is -1.70. The molecule has 21 heavy (non-hydrogen) atoms. The first-order valence-electron chi connectivity index (χ1n) is 6.12. The standard InChI is InChI=1S/C13H12BrF2NO4/c14-6-1-2-10-7(3-6)8(5-21-10)12(18)17-9(13(19)20)4-11(15)16/h1-3,8-9,11H,4-5H2,(H,17,18)(H,19,20). The summed E-state index contributed by atoms with van der Waals surface area (Å²) in [5.41, 5.74) is 0.600. The van der Waals surface area contributed by atoms with Crippen molar-refractivity contribution in [2.75, 3.05) is 6.61 Å². The lowest BCUT2D eigenvalue weighted by Crippen LogP contribution is -2.44. The molecule has 1 amide bonds. The Morgan fingerprint density at radius 1 is 1.48 bits per heavy atom. The second-order valence-corrected chi connectivity index (χ2v) is 5.49. The van der Waals surface area contributed by atoms with Crippen molar-refractivity contribution in [3.63, 3.8) is 0 Å². The van der Waals surface area contributed by atoms with Gasteiger partial charge in [-0.15, -0.1) is 0 Å². The number of rotatable bonds is 5. The number of fused-ring (bicyclic) bond motifs is 1. The van der Waals surface area contributed by atoms with E-state index in [0.29, 0.717) is 11.3 Å². The van der Waals surface area contributed by atoms with E-state index in [2.05, 4.69) is 21.2 Å². The highest BCUT2D eigenvalue weighted by Gasteiger charge is 2.33. The zero-order valence-corrected chi connectivity index (χ0v) is 12.3. The van der Waals surface area contributed by atoms with Crippen LogP contribution in [0.15, 0.2) is 22.7 Å². The average molecular weight is 364 g/mol. The number of carboxylic acids is 1. The van der Waals surface area contributed by atoms with Crippen LogP contribution in [-0.2, 0) is 9.59 Å². The van der Waals surface area contributed by atoms with Crippen LogP contribution >= 0.6 is 15.9 Å². The Morgan fingerprint density at radius 2 is 2.19 bits per heavy atom. The van der Waals surface area contributed by atoms with Crippen LogP contribution < -0.4 is 10.1 Å². The first-order valence-corrected chi connectivity index (χ1v) is 6.91. The van der Waals surface area contributed by atoms with Crippen LogP contribution in [0, 0.1) is 0 Å². The second-order valence-electron chi connectivity index (χ2n) is 4.57. The summed E-state index contributed by atoms with van der Waals surface area (Å²) < 4.78 is 30.7. The lowest BCUT2D eigenvalue weighted by atomic mass is 10.00. The molecule has 2 N–H and O–H groups in total. The number of carbonyl (C=O) groups excluding carboxylic acids is 1. The summed E-state index contributed by atoms with van der Waals surface area (Å²) in [7, 11) is 0. The lowest BCUT2D eigenvalue weighted by molar-refractivity contribution is -0.143. The average Bonchev–Trinajstić information content (AvgIpc) is 2.80. The molecule has 1 aromatic carbocycles. The van der Waals surface area contributed by atoms with Crippen molar-refractivity contribution in [3.8, 4) is 5.75 Å². The number of halogens is 3. The fourth-order valence-electron chi connectivity index (χ4n) is 2.07. The topological polar surface area (TPSA) is 75.6 Å². The van der Waals surface area contributed by atoms with E-state index in [-0.39, 0.29) is 6.61 Å². The van der Waals surface area contributed by atoms with Gasteiger partial charge < -0.3 is 15.2 Å². The maximum atomic E-state index is 12.3. The summed E-state index contributed by atoms with van der Waals surface area (Å²) >= 11 is 3.27. The molecule has 0 spiro atoms.